The number of ketones is 1. The summed E-state index contributed by atoms with van der Waals surface area (Å²) in [5.74, 6) is 0.197. The molecule has 6 nitrogen and oxygen atoms in total. The quantitative estimate of drug-likeness (QED) is 0.411. The molecule has 1 aliphatic heterocycles. The zero-order valence-electron chi connectivity index (χ0n) is 14.2. The molecule has 0 bridgehead atoms. The summed E-state index contributed by atoms with van der Waals surface area (Å²) in [4.78, 5) is 32.8. The van der Waals surface area contributed by atoms with E-state index in [1.165, 1.54) is 11.8 Å². The molecule has 26 heavy (non-hydrogen) atoms. The molecule has 0 saturated carbocycles. The maximum absolute atomic E-state index is 13.0. The fourth-order valence-electron chi connectivity index (χ4n) is 3.12. The normalized spacial score (nSPS) is 17.0. The van der Waals surface area contributed by atoms with E-state index in [1.807, 2.05) is 18.2 Å². The van der Waals surface area contributed by atoms with Crippen molar-refractivity contribution in [2.75, 3.05) is 12.4 Å². The van der Waals surface area contributed by atoms with Crippen LogP contribution in [0.2, 0.25) is 0 Å². The molecule has 1 fully saturated rings. The molecule has 1 atom stereocenters. The second kappa shape index (κ2) is 7.47. The van der Waals surface area contributed by atoms with Crippen molar-refractivity contribution in [3.8, 4) is 0 Å². The number of carbonyl (C=O) groups excluding carboxylic acids is 1. The van der Waals surface area contributed by atoms with Gasteiger partial charge < -0.3 is 9.72 Å². The highest BCUT2D eigenvalue weighted by atomic mass is 32.2. The Kier molecular flexibility index (Phi) is 4.90. The molecule has 0 unspecified atom stereocenters. The van der Waals surface area contributed by atoms with Crippen molar-refractivity contribution in [2.24, 2.45) is 0 Å². The third-order valence-electron chi connectivity index (χ3n) is 4.47. The summed E-state index contributed by atoms with van der Waals surface area (Å²) >= 11 is 1.29. The molecular formula is C19H19N3O3S. The van der Waals surface area contributed by atoms with Crippen molar-refractivity contribution in [1.82, 2.24) is 14.5 Å². The van der Waals surface area contributed by atoms with Crippen LogP contribution in [0.25, 0.3) is 10.9 Å². The van der Waals surface area contributed by atoms with Gasteiger partial charge in [0, 0.05) is 12.8 Å². The van der Waals surface area contributed by atoms with Crippen LogP contribution in [0.4, 0.5) is 0 Å². The lowest BCUT2D eigenvalue weighted by Gasteiger charge is -2.16. The first-order chi connectivity index (χ1) is 12.7. The van der Waals surface area contributed by atoms with E-state index in [0.29, 0.717) is 28.3 Å². The molecule has 0 spiro atoms. The number of nitrogens with zero attached hydrogens (tertiary/aromatic N) is 2. The van der Waals surface area contributed by atoms with Gasteiger partial charge in [-0.15, -0.1) is 0 Å². The fourth-order valence-corrected chi connectivity index (χ4v) is 4.01. The largest absolute Gasteiger partial charge is 0.376 e. The molecule has 0 aliphatic carbocycles. The molecule has 0 radical (unpaired) electrons. The number of hydrogen-bond donors (Lipinski definition) is 1. The highest BCUT2D eigenvalue weighted by Gasteiger charge is 2.20. The van der Waals surface area contributed by atoms with Gasteiger partial charge in [-0.3, -0.25) is 14.2 Å². The summed E-state index contributed by atoms with van der Waals surface area (Å²) in [5.41, 5.74) is 1.13. The number of rotatable bonds is 6. The second-order valence-corrected chi connectivity index (χ2v) is 7.20. The standard InChI is InChI=1S/C19H19N3O3S/c23-17(16-8-3-9-20-16)12-26-19-21-15-7-2-1-6-14(15)18(24)22(19)11-13-5-4-10-25-13/h1-3,6-9,13,20H,4-5,10-12H2/t13-/m0/s1. The number of hydrogen-bond acceptors (Lipinski definition) is 5. The van der Waals surface area contributed by atoms with E-state index in [4.69, 9.17) is 4.74 Å². The third kappa shape index (κ3) is 3.45. The second-order valence-electron chi connectivity index (χ2n) is 6.26. The van der Waals surface area contributed by atoms with Crippen LogP contribution < -0.4 is 5.56 Å². The number of H-pyrrole nitrogens is 1. The van der Waals surface area contributed by atoms with E-state index in [1.54, 1.807) is 29.0 Å². The van der Waals surface area contributed by atoms with E-state index in [2.05, 4.69) is 9.97 Å². The van der Waals surface area contributed by atoms with Gasteiger partial charge in [0.05, 0.1) is 35.0 Å². The first kappa shape index (κ1) is 17.1. The van der Waals surface area contributed by atoms with E-state index in [-0.39, 0.29) is 23.2 Å². The minimum absolute atomic E-state index is 0.0222. The third-order valence-corrected chi connectivity index (χ3v) is 5.44. The van der Waals surface area contributed by atoms with Gasteiger partial charge in [-0.1, -0.05) is 23.9 Å². The van der Waals surface area contributed by atoms with Crippen molar-refractivity contribution in [2.45, 2.75) is 30.6 Å². The Labute approximate surface area is 154 Å². The summed E-state index contributed by atoms with van der Waals surface area (Å²) in [6, 6.07) is 10.8. The van der Waals surface area contributed by atoms with Crippen LogP contribution >= 0.6 is 11.8 Å². The number of Topliss-reactive ketones (excluding diaryl/α,β-unsaturated/α-hetero) is 1. The molecule has 0 amide bonds. The maximum Gasteiger partial charge on any atom is 0.262 e. The molecule has 3 heterocycles. The average molecular weight is 369 g/mol. The van der Waals surface area contributed by atoms with Gasteiger partial charge in [-0.05, 0) is 37.1 Å². The monoisotopic (exact) mass is 369 g/mol. The van der Waals surface area contributed by atoms with Crippen molar-refractivity contribution in [3.05, 3.63) is 58.6 Å². The first-order valence-corrected chi connectivity index (χ1v) is 9.61. The van der Waals surface area contributed by atoms with Crippen molar-refractivity contribution < 1.29 is 9.53 Å². The summed E-state index contributed by atoms with van der Waals surface area (Å²) in [6.07, 6.45) is 3.69. The molecule has 3 aromatic rings. The number of nitrogens with one attached hydrogen (secondary N) is 1. The molecule has 1 aromatic carbocycles. The van der Waals surface area contributed by atoms with E-state index in [0.717, 1.165) is 19.4 Å². The Hall–Kier alpha value is -2.38. The lowest BCUT2D eigenvalue weighted by molar-refractivity contribution is 0.0937. The van der Waals surface area contributed by atoms with Gasteiger partial charge in [-0.25, -0.2) is 4.98 Å². The van der Waals surface area contributed by atoms with Crippen LogP contribution in [0.1, 0.15) is 23.3 Å². The molecule has 7 heteroatoms. The highest BCUT2D eigenvalue weighted by molar-refractivity contribution is 7.99. The minimum atomic E-state index is -0.0825. The number of aromatic nitrogens is 3. The Balaban J connectivity index is 1.66. The predicted molar refractivity (Wildman–Crippen MR) is 101 cm³/mol. The number of carbonyl (C=O) groups is 1. The molecule has 134 valence electrons. The van der Waals surface area contributed by atoms with E-state index < -0.39 is 0 Å². The Bertz CT molecular complexity index is 975. The lowest BCUT2D eigenvalue weighted by atomic mass is 10.2. The Morgan fingerprint density at radius 3 is 2.96 bits per heavy atom. The summed E-state index contributed by atoms with van der Waals surface area (Å²) < 4.78 is 7.35. The molecule has 1 saturated heterocycles. The number of para-hydroxylation sites is 1. The fraction of sp³-hybridized carbons (Fsp3) is 0.316. The zero-order valence-corrected chi connectivity index (χ0v) is 15.0. The molecule has 1 aliphatic rings. The van der Waals surface area contributed by atoms with Gasteiger partial charge in [-0.2, -0.15) is 0 Å². The Morgan fingerprint density at radius 1 is 1.31 bits per heavy atom. The SMILES string of the molecule is O=C(CSc1nc2ccccc2c(=O)n1C[C@@H]1CCCO1)c1ccc[nH]1. The van der Waals surface area contributed by atoms with Crippen LogP contribution in [0.5, 0.6) is 0 Å². The minimum Gasteiger partial charge on any atom is -0.376 e. The molecule has 2 aromatic heterocycles. The molecular weight excluding hydrogens is 350 g/mol. The predicted octanol–water partition coefficient (Wildman–Crippen LogP) is 2.88. The van der Waals surface area contributed by atoms with Crippen LogP contribution in [0, 0.1) is 0 Å². The van der Waals surface area contributed by atoms with Crippen LogP contribution in [0.15, 0.2) is 52.5 Å². The van der Waals surface area contributed by atoms with Gasteiger partial charge in [0.1, 0.15) is 0 Å². The van der Waals surface area contributed by atoms with Crippen LogP contribution in [-0.4, -0.2) is 38.8 Å². The van der Waals surface area contributed by atoms with Crippen LogP contribution in [-0.2, 0) is 11.3 Å². The van der Waals surface area contributed by atoms with E-state index in [9.17, 15) is 9.59 Å². The van der Waals surface area contributed by atoms with Crippen molar-refractivity contribution >= 4 is 28.4 Å². The zero-order chi connectivity index (χ0) is 17.9. The molecule has 1 N–H and O–H groups in total. The van der Waals surface area contributed by atoms with Gasteiger partial charge >= 0.3 is 0 Å². The average Bonchev–Trinajstić information content (AvgIpc) is 3.36. The summed E-state index contributed by atoms with van der Waals surface area (Å²) in [7, 11) is 0. The van der Waals surface area contributed by atoms with Gasteiger partial charge in [0.2, 0.25) is 0 Å². The van der Waals surface area contributed by atoms with Crippen molar-refractivity contribution in [1.29, 1.82) is 0 Å². The highest BCUT2D eigenvalue weighted by Crippen LogP contribution is 2.21. The topological polar surface area (TPSA) is 77.0 Å². The lowest BCUT2D eigenvalue weighted by Crippen LogP contribution is -2.29. The molecule has 4 rings (SSSR count). The number of benzene rings is 1. The van der Waals surface area contributed by atoms with Gasteiger partial charge in [0.25, 0.3) is 5.56 Å². The number of aromatic amines is 1. The Morgan fingerprint density at radius 2 is 2.19 bits per heavy atom. The maximum atomic E-state index is 13.0. The smallest absolute Gasteiger partial charge is 0.262 e. The van der Waals surface area contributed by atoms with Crippen LogP contribution in [0.3, 0.4) is 0 Å². The van der Waals surface area contributed by atoms with Gasteiger partial charge in [0.15, 0.2) is 10.9 Å². The summed E-state index contributed by atoms with van der Waals surface area (Å²) in [5, 5.41) is 1.15. The number of ether oxygens (including phenoxy) is 1. The van der Waals surface area contributed by atoms with E-state index >= 15 is 0 Å². The summed E-state index contributed by atoms with van der Waals surface area (Å²) in [6.45, 7) is 1.20. The number of thioether (sulfide) groups is 1. The first-order valence-electron chi connectivity index (χ1n) is 8.63. The number of fused-ring (bicyclic) bond motifs is 1. The van der Waals surface area contributed by atoms with Crippen molar-refractivity contribution in [3.63, 3.8) is 0 Å².